The summed E-state index contributed by atoms with van der Waals surface area (Å²) in [7, 11) is 0. The number of benzene rings is 2. The van der Waals surface area contributed by atoms with Gasteiger partial charge in [0, 0.05) is 17.1 Å². The number of nitrogens with zero attached hydrogens (tertiary/aromatic N) is 2. The second kappa shape index (κ2) is 8.86. The molecule has 1 saturated heterocycles. The number of hydrogen-bond donors (Lipinski definition) is 0. The first-order valence-electron chi connectivity index (χ1n) is 10.1. The Bertz CT molecular complexity index is 1160. The molecular formula is C25H24N2O3S. The van der Waals surface area contributed by atoms with Gasteiger partial charge in [-0.05, 0) is 80.1 Å². The van der Waals surface area contributed by atoms with E-state index < -0.39 is 0 Å². The molecule has 4 rings (SSSR count). The monoisotopic (exact) mass is 432 g/mol. The molecule has 0 bridgehead atoms. The number of para-hydroxylation sites is 1. The molecule has 1 aliphatic rings. The van der Waals surface area contributed by atoms with Gasteiger partial charge < -0.3 is 9.30 Å². The fraction of sp³-hybridized carbons (Fsp3) is 0.200. The lowest BCUT2D eigenvalue weighted by atomic mass is 10.2. The highest BCUT2D eigenvalue weighted by Crippen LogP contribution is 2.33. The summed E-state index contributed by atoms with van der Waals surface area (Å²) in [4.78, 5) is 27.0. The molecule has 6 heteroatoms. The molecule has 0 saturated carbocycles. The minimum absolute atomic E-state index is 0.221. The third kappa shape index (κ3) is 4.44. The van der Waals surface area contributed by atoms with Crippen LogP contribution in [0.3, 0.4) is 0 Å². The number of amides is 2. The number of carbonyl (C=O) groups excluding carboxylic acids is 2. The van der Waals surface area contributed by atoms with Crippen LogP contribution in [0, 0.1) is 20.8 Å². The Kier molecular flexibility index (Phi) is 6.00. The van der Waals surface area contributed by atoms with Gasteiger partial charge in [-0.15, -0.1) is 0 Å². The minimum Gasteiger partial charge on any atom is -0.492 e. The molecule has 0 unspecified atom stereocenters. The van der Waals surface area contributed by atoms with Gasteiger partial charge in [0.05, 0.1) is 11.4 Å². The highest BCUT2D eigenvalue weighted by Gasteiger charge is 2.35. The molecule has 2 heterocycles. The van der Waals surface area contributed by atoms with Crippen molar-refractivity contribution < 1.29 is 14.3 Å². The van der Waals surface area contributed by atoms with Gasteiger partial charge in [-0.25, -0.2) is 0 Å². The maximum Gasteiger partial charge on any atom is 0.293 e. The second-order valence-corrected chi connectivity index (χ2v) is 8.49. The number of aromatic nitrogens is 1. The Balaban J connectivity index is 1.48. The summed E-state index contributed by atoms with van der Waals surface area (Å²) in [6.07, 6.45) is 1.81. The molecule has 2 aromatic carbocycles. The lowest BCUT2D eigenvalue weighted by Gasteiger charge is -2.13. The molecule has 5 nitrogen and oxygen atoms in total. The standard InChI is InChI=1S/C25H24N2O3S/c1-17-8-7-11-22(14-17)30-13-12-26-24(28)23(31-25(26)29)16-20-15-18(2)27(19(20)3)21-9-5-4-6-10-21/h4-11,14-16H,12-13H2,1-3H3/b23-16-. The molecule has 2 amide bonds. The molecular weight excluding hydrogens is 408 g/mol. The van der Waals surface area contributed by atoms with Crippen LogP contribution in [0.1, 0.15) is 22.5 Å². The zero-order valence-electron chi connectivity index (χ0n) is 17.8. The average molecular weight is 433 g/mol. The lowest BCUT2D eigenvalue weighted by molar-refractivity contribution is -0.123. The predicted molar refractivity (Wildman–Crippen MR) is 125 cm³/mol. The number of ether oxygens (including phenoxy) is 1. The van der Waals surface area contributed by atoms with Crippen molar-refractivity contribution in [3.05, 3.63) is 88.1 Å². The summed E-state index contributed by atoms with van der Waals surface area (Å²) in [6.45, 7) is 6.52. The normalized spacial score (nSPS) is 15.2. The van der Waals surface area contributed by atoms with Crippen molar-refractivity contribution in [2.45, 2.75) is 20.8 Å². The summed E-state index contributed by atoms with van der Waals surface area (Å²) >= 11 is 0.979. The summed E-state index contributed by atoms with van der Waals surface area (Å²) < 4.78 is 7.85. The lowest BCUT2D eigenvalue weighted by Crippen LogP contribution is -2.32. The van der Waals surface area contributed by atoms with Crippen molar-refractivity contribution in [3.63, 3.8) is 0 Å². The van der Waals surface area contributed by atoms with E-state index in [4.69, 9.17) is 4.74 Å². The zero-order chi connectivity index (χ0) is 22.0. The summed E-state index contributed by atoms with van der Waals surface area (Å²) in [5, 5.41) is -0.263. The number of hydrogen-bond acceptors (Lipinski definition) is 4. The van der Waals surface area contributed by atoms with E-state index in [1.165, 1.54) is 4.90 Å². The summed E-state index contributed by atoms with van der Waals surface area (Å²) in [5.74, 6) is 0.461. The van der Waals surface area contributed by atoms with Crippen LogP contribution in [0.4, 0.5) is 4.79 Å². The van der Waals surface area contributed by atoms with Gasteiger partial charge in [0.15, 0.2) is 0 Å². The van der Waals surface area contributed by atoms with Crippen LogP contribution in [0.2, 0.25) is 0 Å². The Labute approximate surface area is 186 Å². The van der Waals surface area contributed by atoms with Gasteiger partial charge in [-0.1, -0.05) is 30.3 Å². The maximum atomic E-state index is 12.8. The second-order valence-electron chi connectivity index (χ2n) is 7.50. The highest BCUT2D eigenvalue weighted by atomic mass is 32.2. The molecule has 3 aromatic rings. The van der Waals surface area contributed by atoms with E-state index in [1.54, 1.807) is 0 Å². The topological polar surface area (TPSA) is 51.5 Å². The van der Waals surface area contributed by atoms with Crippen molar-refractivity contribution in [2.24, 2.45) is 0 Å². The zero-order valence-corrected chi connectivity index (χ0v) is 18.6. The van der Waals surface area contributed by atoms with E-state index in [-0.39, 0.29) is 24.3 Å². The Morgan fingerprint density at radius 1 is 0.968 bits per heavy atom. The molecule has 0 aliphatic carbocycles. The molecule has 1 aliphatic heterocycles. The van der Waals surface area contributed by atoms with Crippen LogP contribution in [0.15, 0.2) is 65.6 Å². The van der Waals surface area contributed by atoms with E-state index in [2.05, 4.69) is 4.57 Å². The summed E-state index contributed by atoms with van der Waals surface area (Å²) in [6, 6.07) is 19.8. The molecule has 0 radical (unpaired) electrons. The molecule has 0 spiro atoms. The van der Waals surface area contributed by atoms with Crippen molar-refractivity contribution in [3.8, 4) is 11.4 Å². The van der Waals surface area contributed by atoms with Gasteiger partial charge >= 0.3 is 0 Å². The van der Waals surface area contributed by atoms with E-state index in [9.17, 15) is 9.59 Å². The first-order valence-corrected chi connectivity index (χ1v) is 10.9. The molecule has 1 fully saturated rings. The van der Waals surface area contributed by atoms with E-state index in [0.29, 0.717) is 4.91 Å². The number of carbonyl (C=O) groups is 2. The molecule has 158 valence electrons. The van der Waals surface area contributed by atoms with Gasteiger partial charge in [0.1, 0.15) is 12.4 Å². The number of rotatable bonds is 6. The van der Waals surface area contributed by atoms with Gasteiger partial charge in [-0.3, -0.25) is 14.5 Å². The van der Waals surface area contributed by atoms with Gasteiger partial charge in [-0.2, -0.15) is 0 Å². The van der Waals surface area contributed by atoms with Crippen molar-refractivity contribution in [1.29, 1.82) is 0 Å². The molecule has 1 aromatic heterocycles. The maximum absolute atomic E-state index is 12.8. The first kappa shape index (κ1) is 21.0. The van der Waals surface area contributed by atoms with Crippen molar-refractivity contribution in [1.82, 2.24) is 9.47 Å². The number of thioether (sulfide) groups is 1. The van der Waals surface area contributed by atoms with Crippen molar-refractivity contribution >= 4 is 29.0 Å². The smallest absolute Gasteiger partial charge is 0.293 e. The molecule has 0 N–H and O–H groups in total. The fourth-order valence-electron chi connectivity index (χ4n) is 3.70. The predicted octanol–water partition coefficient (Wildman–Crippen LogP) is 5.52. The van der Waals surface area contributed by atoms with Crippen molar-refractivity contribution in [2.75, 3.05) is 13.2 Å². The van der Waals surface area contributed by atoms with E-state index in [0.717, 1.165) is 45.7 Å². The Morgan fingerprint density at radius 2 is 1.74 bits per heavy atom. The average Bonchev–Trinajstić information content (AvgIpc) is 3.18. The highest BCUT2D eigenvalue weighted by molar-refractivity contribution is 8.18. The van der Waals surface area contributed by atoms with Crippen LogP contribution in [-0.4, -0.2) is 33.8 Å². The molecule has 0 atom stereocenters. The van der Waals surface area contributed by atoms with Crippen LogP contribution >= 0.6 is 11.8 Å². The van der Waals surface area contributed by atoms with Crippen LogP contribution in [-0.2, 0) is 4.79 Å². The SMILES string of the molecule is Cc1cccc(OCCN2C(=O)S/C(=C\c3cc(C)n(-c4ccccc4)c3C)C2=O)c1. The quantitative estimate of drug-likeness (QED) is 0.482. The minimum atomic E-state index is -0.271. The fourth-order valence-corrected chi connectivity index (χ4v) is 4.56. The van der Waals surface area contributed by atoms with Gasteiger partial charge in [0.2, 0.25) is 0 Å². The Hall–Kier alpha value is -3.25. The Morgan fingerprint density at radius 3 is 2.48 bits per heavy atom. The van der Waals surface area contributed by atoms with Crippen LogP contribution < -0.4 is 4.74 Å². The summed E-state index contributed by atoms with van der Waals surface area (Å²) in [5.41, 5.74) is 5.19. The molecule has 31 heavy (non-hydrogen) atoms. The van der Waals surface area contributed by atoms with E-state index >= 15 is 0 Å². The number of imide groups is 1. The first-order chi connectivity index (χ1) is 14.9. The third-order valence-electron chi connectivity index (χ3n) is 5.22. The number of aryl methyl sites for hydroxylation is 2. The van der Waals surface area contributed by atoms with E-state index in [1.807, 2.05) is 87.5 Å². The van der Waals surface area contributed by atoms with Crippen LogP contribution in [0.25, 0.3) is 11.8 Å². The third-order valence-corrected chi connectivity index (χ3v) is 6.13. The van der Waals surface area contributed by atoms with Gasteiger partial charge in [0.25, 0.3) is 11.1 Å². The van der Waals surface area contributed by atoms with Crippen LogP contribution in [0.5, 0.6) is 5.75 Å². The largest absolute Gasteiger partial charge is 0.492 e.